The van der Waals surface area contributed by atoms with E-state index in [-0.39, 0.29) is 4.90 Å². The van der Waals surface area contributed by atoms with Crippen LogP contribution >= 0.6 is 0 Å². The third-order valence-corrected chi connectivity index (χ3v) is 4.43. The second-order valence-electron chi connectivity index (χ2n) is 4.96. The number of rotatable bonds is 7. The molecule has 0 radical (unpaired) electrons. The maximum absolute atomic E-state index is 12.3. The van der Waals surface area contributed by atoms with Gasteiger partial charge >= 0.3 is 0 Å². The highest BCUT2D eigenvalue weighted by atomic mass is 32.2. The van der Waals surface area contributed by atoms with Crippen molar-refractivity contribution in [2.24, 2.45) is 14.1 Å². The quantitative estimate of drug-likeness (QED) is 0.749. The highest BCUT2D eigenvalue weighted by Gasteiger charge is 2.18. The molecule has 0 saturated heterocycles. The zero-order chi connectivity index (χ0) is 15.5. The minimum absolute atomic E-state index is 0.252. The van der Waals surface area contributed by atoms with Crippen LogP contribution in [0.1, 0.15) is 19.0 Å². The number of nitrogens with one attached hydrogen (secondary N) is 2. The smallest absolute Gasteiger partial charge is 0.263 e. The van der Waals surface area contributed by atoms with Gasteiger partial charge in [-0.15, -0.1) is 0 Å². The summed E-state index contributed by atoms with van der Waals surface area (Å²) in [7, 11) is -0.0109. The van der Waals surface area contributed by atoms with Crippen molar-refractivity contribution < 1.29 is 8.42 Å². The van der Waals surface area contributed by atoms with Crippen LogP contribution in [0.2, 0.25) is 0 Å². The van der Waals surface area contributed by atoms with E-state index in [1.165, 1.54) is 6.20 Å². The van der Waals surface area contributed by atoms with Gasteiger partial charge in [0.15, 0.2) is 0 Å². The van der Waals surface area contributed by atoms with Crippen LogP contribution in [-0.4, -0.2) is 29.3 Å². The van der Waals surface area contributed by atoms with Crippen LogP contribution in [-0.2, 0) is 30.7 Å². The van der Waals surface area contributed by atoms with Crippen LogP contribution in [0.5, 0.6) is 0 Å². The van der Waals surface area contributed by atoms with E-state index in [0.29, 0.717) is 12.2 Å². The van der Waals surface area contributed by atoms with Crippen molar-refractivity contribution in [2.45, 2.75) is 24.8 Å². The van der Waals surface area contributed by atoms with E-state index in [2.05, 4.69) is 22.1 Å². The standard InChI is InChI=1S/C13H21N5O2S/c1-4-5-14-8-12-6-13(10-17(12)2)21(19,20)16-11-7-15-18(3)9-11/h6-7,9-10,14,16H,4-5,8H2,1-3H3. The lowest BCUT2D eigenvalue weighted by Gasteiger charge is -2.03. The Bertz CT molecular complexity index is 702. The van der Waals surface area contributed by atoms with Crippen LogP contribution in [0.25, 0.3) is 0 Å². The zero-order valence-electron chi connectivity index (χ0n) is 12.5. The molecule has 0 atom stereocenters. The van der Waals surface area contributed by atoms with Crippen LogP contribution < -0.4 is 10.0 Å². The van der Waals surface area contributed by atoms with E-state index >= 15 is 0 Å². The predicted octanol–water partition coefficient (Wildman–Crippen LogP) is 1.06. The summed E-state index contributed by atoms with van der Waals surface area (Å²) in [6.45, 7) is 3.64. The fourth-order valence-electron chi connectivity index (χ4n) is 1.98. The summed E-state index contributed by atoms with van der Waals surface area (Å²) in [6.07, 6.45) is 5.74. The maximum atomic E-state index is 12.3. The summed E-state index contributed by atoms with van der Waals surface area (Å²) in [5, 5.41) is 7.20. The largest absolute Gasteiger partial charge is 0.352 e. The van der Waals surface area contributed by atoms with Crippen LogP contribution in [0.3, 0.4) is 0 Å². The first kappa shape index (κ1) is 15.6. The Morgan fingerprint density at radius 2 is 2.05 bits per heavy atom. The normalized spacial score (nSPS) is 11.8. The number of nitrogens with zero attached hydrogens (tertiary/aromatic N) is 3. The third kappa shape index (κ3) is 3.85. The van der Waals surface area contributed by atoms with Crippen molar-refractivity contribution in [3.63, 3.8) is 0 Å². The number of anilines is 1. The number of hydrogen-bond acceptors (Lipinski definition) is 4. The van der Waals surface area contributed by atoms with Crippen LogP contribution in [0, 0.1) is 0 Å². The summed E-state index contributed by atoms with van der Waals surface area (Å²) < 4.78 is 30.5. The van der Waals surface area contributed by atoms with E-state index in [1.54, 1.807) is 30.2 Å². The first-order valence-electron chi connectivity index (χ1n) is 6.80. The molecule has 0 saturated carbocycles. The molecule has 0 amide bonds. The van der Waals surface area contributed by atoms with Crippen molar-refractivity contribution in [3.05, 3.63) is 30.4 Å². The molecule has 7 nitrogen and oxygen atoms in total. The average Bonchev–Trinajstić information content (AvgIpc) is 2.97. The first-order chi connectivity index (χ1) is 9.92. The van der Waals surface area contributed by atoms with Gasteiger partial charge in [-0.3, -0.25) is 9.40 Å². The van der Waals surface area contributed by atoms with Crippen molar-refractivity contribution >= 4 is 15.7 Å². The lowest BCUT2D eigenvalue weighted by Crippen LogP contribution is -2.15. The monoisotopic (exact) mass is 311 g/mol. The minimum atomic E-state index is -3.58. The van der Waals surface area contributed by atoms with Crippen molar-refractivity contribution in [2.75, 3.05) is 11.3 Å². The van der Waals surface area contributed by atoms with Gasteiger partial charge in [0.2, 0.25) is 0 Å². The summed E-state index contributed by atoms with van der Waals surface area (Å²) in [5.74, 6) is 0. The Morgan fingerprint density at radius 1 is 1.29 bits per heavy atom. The molecule has 2 heterocycles. The number of aromatic nitrogens is 3. The van der Waals surface area contributed by atoms with Gasteiger partial charge in [0.25, 0.3) is 10.0 Å². The Balaban J connectivity index is 2.14. The molecule has 8 heteroatoms. The zero-order valence-corrected chi connectivity index (χ0v) is 13.3. The molecule has 0 fully saturated rings. The molecule has 0 aliphatic carbocycles. The van der Waals surface area contributed by atoms with Gasteiger partial charge in [0.05, 0.1) is 11.9 Å². The molecule has 0 bridgehead atoms. The molecule has 2 N–H and O–H groups in total. The predicted molar refractivity (Wildman–Crippen MR) is 81.4 cm³/mol. The lowest BCUT2D eigenvalue weighted by atomic mass is 10.4. The van der Waals surface area contributed by atoms with Gasteiger partial charge in [0, 0.05) is 38.7 Å². The number of aryl methyl sites for hydroxylation is 2. The fraction of sp³-hybridized carbons (Fsp3) is 0.462. The van der Waals surface area contributed by atoms with Gasteiger partial charge in [-0.05, 0) is 19.0 Å². The SMILES string of the molecule is CCCNCc1cc(S(=O)(=O)Nc2cnn(C)c2)cn1C. The van der Waals surface area contributed by atoms with Crippen molar-refractivity contribution in [3.8, 4) is 0 Å². The lowest BCUT2D eigenvalue weighted by molar-refractivity contribution is 0.601. The molecular weight excluding hydrogens is 290 g/mol. The second-order valence-corrected chi connectivity index (χ2v) is 6.65. The number of hydrogen-bond donors (Lipinski definition) is 2. The summed E-state index contributed by atoms with van der Waals surface area (Å²) >= 11 is 0. The van der Waals surface area contributed by atoms with Gasteiger partial charge in [-0.1, -0.05) is 6.92 Å². The van der Waals surface area contributed by atoms with Crippen LogP contribution in [0.15, 0.2) is 29.6 Å². The molecule has 0 unspecified atom stereocenters. The third-order valence-electron chi connectivity index (χ3n) is 3.08. The van der Waals surface area contributed by atoms with E-state index in [4.69, 9.17) is 0 Å². The molecule has 2 rings (SSSR count). The highest BCUT2D eigenvalue weighted by molar-refractivity contribution is 7.92. The highest BCUT2D eigenvalue weighted by Crippen LogP contribution is 2.17. The Kier molecular flexibility index (Phi) is 4.69. The van der Waals surface area contributed by atoms with Crippen molar-refractivity contribution in [1.82, 2.24) is 19.7 Å². The first-order valence-corrected chi connectivity index (χ1v) is 8.28. The maximum Gasteiger partial charge on any atom is 0.263 e. The molecule has 21 heavy (non-hydrogen) atoms. The molecular formula is C13H21N5O2S. The topological polar surface area (TPSA) is 81.0 Å². The molecule has 116 valence electrons. The van der Waals surface area contributed by atoms with Crippen LogP contribution in [0.4, 0.5) is 5.69 Å². The molecule has 0 aliphatic rings. The molecule has 2 aromatic heterocycles. The molecule has 0 spiro atoms. The summed E-state index contributed by atoms with van der Waals surface area (Å²) in [4.78, 5) is 0.252. The van der Waals surface area contributed by atoms with E-state index in [1.807, 2.05) is 11.6 Å². The van der Waals surface area contributed by atoms with Gasteiger partial charge in [0.1, 0.15) is 4.90 Å². The van der Waals surface area contributed by atoms with Crippen molar-refractivity contribution in [1.29, 1.82) is 0 Å². The average molecular weight is 311 g/mol. The minimum Gasteiger partial charge on any atom is -0.352 e. The van der Waals surface area contributed by atoms with Gasteiger partial charge in [-0.25, -0.2) is 8.42 Å². The summed E-state index contributed by atoms with van der Waals surface area (Å²) in [5.41, 5.74) is 1.38. The van der Waals surface area contributed by atoms with Gasteiger partial charge < -0.3 is 9.88 Å². The van der Waals surface area contributed by atoms with Gasteiger partial charge in [-0.2, -0.15) is 5.10 Å². The summed E-state index contributed by atoms with van der Waals surface area (Å²) in [6, 6.07) is 1.68. The molecule has 2 aromatic rings. The van der Waals surface area contributed by atoms with E-state index < -0.39 is 10.0 Å². The Morgan fingerprint density at radius 3 is 2.67 bits per heavy atom. The Hall–Kier alpha value is -1.80. The Labute approximate surface area is 125 Å². The van der Waals surface area contributed by atoms with E-state index in [9.17, 15) is 8.42 Å². The molecule has 0 aromatic carbocycles. The molecule has 0 aliphatic heterocycles. The number of sulfonamides is 1. The fourth-order valence-corrected chi connectivity index (χ4v) is 3.10. The van der Waals surface area contributed by atoms with E-state index in [0.717, 1.165) is 18.7 Å². The second kappa shape index (κ2) is 6.31.